The van der Waals surface area contributed by atoms with Gasteiger partial charge in [0.05, 0.1) is 4.90 Å². The molecule has 0 aliphatic heterocycles. The number of benzene rings is 1. The summed E-state index contributed by atoms with van der Waals surface area (Å²) in [5.74, 6) is 0. The van der Waals surface area contributed by atoms with E-state index in [4.69, 9.17) is 5.73 Å². The van der Waals surface area contributed by atoms with Crippen molar-refractivity contribution < 1.29 is 8.42 Å². The quantitative estimate of drug-likeness (QED) is 0.790. The Morgan fingerprint density at radius 1 is 1.33 bits per heavy atom. The summed E-state index contributed by atoms with van der Waals surface area (Å²) in [4.78, 5) is 0.330. The Kier molecular flexibility index (Phi) is 3.84. The van der Waals surface area contributed by atoms with E-state index in [0.717, 1.165) is 11.1 Å². The van der Waals surface area contributed by atoms with Crippen LogP contribution in [0, 0.1) is 13.8 Å². The molecule has 15 heavy (non-hydrogen) atoms. The predicted octanol–water partition coefficient (Wildman–Crippen LogP) is 0.540. The van der Waals surface area contributed by atoms with Crippen LogP contribution in [0.25, 0.3) is 0 Å². The van der Waals surface area contributed by atoms with Gasteiger partial charge in [0.15, 0.2) is 0 Å². The summed E-state index contributed by atoms with van der Waals surface area (Å²) in [5.41, 5.74) is 6.92. The molecule has 0 aliphatic rings. The summed E-state index contributed by atoms with van der Waals surface area (Å²) in [7, 11) is -3.41. The zero-order valence-corrected chi connectivity index (χ0v) is 9.76. The van der Waals surface area contributed by atoms with Crippen molar-refractivity contribution >= 4 is 10.0 Å². The molecule has 0 unspecified atom stereocenters. The number of aryl methyl sites for hydroxylation is 2. The van der Waals surface area contributed by atoms with Gasteiger partial charge in [0.1, 0.15) is 0 Å². The van der Waals surface area contributed by atoms with Crippen LogP contribution in [0.15, 0.2) is 23.1 Å². The lowest BCUT2D eigenvalue weighted by atomic mass is 10.2. The Hall–Kier alpha value is -0.910. The van der Waals surface area contributed by atoms with Gasteiger partial charge >= 0.3 is 0 Å². The molecule has 0 bridgehead atoms. The zero-order chi connectivity index (χ0) is 11.5. The van der Waals surface area contributed by atoms with Crippen LogP contribution in [0.3, 0.4) is 0 Å². The lowest BCUT2D eigenvalue weighted by molar-refractivity contribution is 0.581. The fraction of sp³-hybridized carbons (Fsp3) is 0.400. The van der Waals surface area contributed by atoms with Gasteiger partial charge in [-0.2, -0.15) is 0 Å². The lowest BCUT2D eigenvalue weighted by Crippen LogP contribution is -2.29. The molecule has 1 aromatic carbocycles. The van der Waals surface area contributed by atoms with Crippen LogP contribution in [-0.4, -0.2) is 21.5 Å². The second-order valence-corrected chi connectivity index (χ2v) is 5.19. The molecule has 0 atom stereocenters. The molecule has 0 spiro atoms. The van der Waals surface area contributed by atoms with Crippen LogP contribution in [0.5, 0.6) is 0 Å². The zero-order valence-electron chi connectivity index (χ0n) is 8.95. The highest BCUT2D eigenvalue weighted by Crippen LogP contribution is 2.16. The molecule has 0 aliphatic carbocycles. The first-order valence-corrected chi connectivity index (χ1v) is 6.22. The topological polar surface area (TPSA) is 72.2 Å². The van der Waals surface area contributed by atoms with Crippen molar-refractivity contribution in [1.82, 2.24) is 4.72 Å². The SMILES string of the molecule is Cc1ccc(C)c(S(=O)(=O)NCCN)c1. The minimum absolute atomic E-state index is 0.260. The second kappa shape index (κ2) is 4.74. The van der Waals surface area contributed by atoms with E-state index in [2.05, 4.69) is 4.72 Å². The monoisotopic (exact) mass is 228 g/mol. The molecule has 1 aromatic rings. The van der Waals surface area contributed by atoms with E-state index in [9.17, 15) is 8.42 Å². The van der Waals surface area contributed by atoms with E-state index in [-0.39, 0.29) is 6.54 Å². The van der Waals surface area contributed by atoms with Crippen LogP contribution in [0.1, 0.15) is 11.1 Å². The Bertz CT molecular complexity index is 441. The van der Waals surface area contributed by atoms with E-state index in [1.165, 1.54) is 0 Å². The summed E-state index contributed by atoms with van der Waals surface area (Å²) < 4.78 is 26.0. The van der Waals surface area contributed by atoms with Crippen LogP contribution >= 0.6 is 0 Å². The van der Waals surface area contributed by atoms with Crippen LogP contribution < -0.4 is 10.5 Å². The molecule has 0 saturated carbocycles. The summed E-state index contributed by atoms with van der Waals surface area (Å²) in [6.45, 7) is 4.19. The first-order chi connectivity index (χ1) is 6.97. The molecule has 0 amide bonds. The largest absolute Gasteiger partial charge is 0.329 e. The van der Waals surface area contributed by atoms with Crippen molar-refractivity contribution in [3.05, 3.63) is 29.3 Å². The third-order valence-corrected chi connectivity index (χ3v) is 3.67. The maximum absolute atomic E-state index is 11.8. The predicted molar refractivity (Wildman–Crippen MR) is 60.2 cm³/mol. The summed E-state index contributed by atoms with van der Waals surface area (Å²) >= 11 is 0. The van der Waals surface area contributed by atoms with Crippen molar-refractivity contribution in [3.8, 4) is 0 Å². The summed E-state index contributed by atoms with van der Waals surface area (Å²) in [5, 5.41) is 0. The van der Waals surface area contributed by atoms with Crippen molar-refractivity contribution in [2.45, 2.75) is 18.7 Å². The Morgan fingerprint density at radius 3 is 2.60 bits per heavy atom. The fourth-order valence-electron chi connectivity index (χ4n) is 1.27. The minimum atomic E-state index is -3.41. The van der Waals surface area contributed by atoms with Gasteiger partial charge in [0.25, 0.3) is 0 Å². The molecule has 0 saturated heterocycles. The maximum atomic E-state index is 11.8. The molecular weight excluding hydrogens is 212 g/mol. The van der Waals surface area contributed by atoms with E-state index < -0.39 is 10.0 Å². The van der Waals surface area contributed by atoms with Crippen molar-refractivity contribution in [2.24, 2.45) is 5.73 Å². The van der Waals surface area contributed by atoms with Gasteiger partial charge in [-0.1, -0.05) is 12.1 Å². The number of nitrogens with two attached hydrogens (primary N) is 1. The highest BCUT2D eigenvalue weighted by Gasteiger charge is 2.15. The number of rotatable bonds is 4. The highest BCUT2D eigenvalue weighted by atomic mass is 32.2. The van der Waals surface area contributed by atoms with Gasteiger partial charge in [-0.05, 0) is 31.0 Å². The molecule has 5 heteroatoms. The minimum Gasteiger partial charge on any atom is -0.329 e. The first-order valence-electron chi connectivity index (χ1n) is 4.74. The highest BCUT2D eigenvalue weighted by molar-refractivity contribution is 7.89. The second-order valence-electron chi connectivity index (χ2n) is 3.46. The van der Waals surface area contributed by atoms with Gasteiger partial charge in [-0.15, -0.1) is 0 Å². The smallest absolute Gasteiger partial charge is 0.240 e. The molecule has 0 heterocycles. The Balaban J connectivity index is 3.09. The molecule has 1 rings (SSSR count). The first kappa shape index (κ1) is 12.2. The average molecular weight is 228 g/mol. The van der Waals surface area contributed by atoms with Crippen molar-refractivity contribution in [1.29, 1.82) is 0 Å². The molecule has 0 aromatic heterocycles. The average Bonchev–Trinajstić information content (AvgIpc) is 2.18. The van der Waals surface area contributed by atoms with Gasteiger partial charge in [-0.3, -0.25) is 0 Å². The van der Waals surface area contributed by atoms with Crippen molar-refractivity contribution in [2.75, 3.05) is 13.1 Å². The number of nitrogens with one attached hydrogen (secondary N) is 1. The molecule has 4 nitrogen and oxygen atoms in total. The van der Waals surface area contributed by atoms with Gasteiger partial charge in [0, 0.05) is 13.1 Å². The Labute approximate surface area is 90.5 Å². The van der Waals surface area contributed by atoms with Crippen LogP contribution in [-0.2, 0) is 10.0 Å². The van der Waals surface area contributed by atoms with Gasteiger partial charge in [-0.25, -0.2) is 13.1 Å². The van der Waals surface area contributed by atoms with Crippen LogP contribution in [0.4, 0.5) is 0 Å². The molecule has 0 fully saturated rings. The number of sulfonamides is 1. The number of hydrogen-bond donors (Lipinski definition) is 2. The lowest BCUT2D eigenvalue weighted by Gasteiger charge is -2.09. The third kappa shape index (κ3) is 3.02. The molecule has 84 valence electrons. The van der Waals surface area contributed by atoms with Gasteiger partial charge in [0.2, 0.25) is 10.0 Å². The van der Waals surface area contributed by atoms with E-state index >= 15 is 0 Å². The maximum Gasteiger partial charge on any atom is 0.240 e. The van der Waals surface area contributed by atoms with E-state index in [1.807, 2.05) is 13.0 Å². The summed E-state index contributed by atoms with van der Waals surface area (Å²) in [6, 6.07) is 5.35. The normalized spacial score (nSPS) is 11.7. The van der Waals surface area contributed by atoms with Crippen LogP contribution in [0.2, 0.25) is 0 Å². The standard InChI is InChI=1S/C10H16N2O2S/c1-8-3-4-9(2)10(7-8)15(13,14)12-6-5-11/h3-4,7,12H,5-6,11H2,1-2H3. The van der Waals surface area contributed by atoms with E-state index in [1.54, 1.807) is 19.1 Å². The van der Waals surface area contributed by atoms with E-state index in [0.29, 0.717) is 11.4 Å². The summed E-state index contributed by atoms with van der Waals surface area (Å²) in [6.07, 6.45) is 0. The number of hydrogen-bond acceptors (Lipinski definition) is 3. The van der Waals surface area contributed by atoms with Gasteiger partial charge < -0.3 is 5.73 Å². The molecule has 3 N–H and O–H groups in total. The fourth-order valence-corrected chi connectivity index (χ4v) is 2.64. The third-order valence-electron chi connectivity index (χ3n) is 2.07. The van der Waals surface area contributed by atoms with Crippen molar-refractivity contribution in [3.63, 3.8) is 0 Å². The molecular formula is C10H16N2O2S. The molecule has 0 radical (unpaired) electrons. The Morgan fingerprint density at radius 2 is 2.00 bits per heavy atom.